The van der Waals surface area contributed by atoms with E-state index in [4.69, 9.17) is 0 Å². The number of H-pyrrole nitrogens is 1. The minimum absolute atomic E-state index is 0.0245. The zero-order chi connectivity index (χ0) is 10.4. The second-order valence-corrected chi connectivity index (χ2v) is 4.65. The summed E-state index contributed by atoms with van der Waals surface area (Å²) in [6.45, 7) is 1.94. The van der Waals surface area contributed by atoms with Crippen LogP contribution in [0.4, 0.5) is 0 Å². The largest absolute Gasteiger partial charge is 0.325 e. The van der Waals surface area contributed by atoms with Crippen LogP contribution in [0.15, 0.2) is 35.1 Å². The Morgan fingerprint density at radius 3 is 2.87 bits per heavy atom. The molecule has 3 rings (SSSR count). The predicted molar refractivity (Wildman–Crippen MR) is 64.7 cm³/mol. The summed E-state index contributed by atoms with van der Waals surface area (Å²) in [5, 5.41) is 2.24. The van der Waals surface area contributed by atoms with E-state index in [1.807, 2.05) is 19.1 Å². The Hall–Kier alpha value is -1.61. The van der Waals surface area contributed by atoms with Crippen molar-refractivity contribution < 1.29 is 0 Å². The highest BCUT2D eigenvalue weighted by molar-refractivity contribution is 7.26. The third-order valence-electron chi connectivity index (χ3n) is 2.56. The summed E-state index contributed by atoms with van der Waals surface area (Å²) in [6.07, 6.45) is 0. The van der Waals surface area contributed by atoms with Crippen molar-refractivity contribution >= 4 is 31.5 Å². The van der Waals surface area contributed by atoms with Crippen LogP contribution in [0, 0.1) is 6.92 Å². The molecule has 3 aromatic rings. The number of nitrogens with one attached hydrogen (secondary N) is 1. The van der Waals surface area contributed by atoms with Crippen molar-refractivity contribution in [2.45, 2.75) is 6.92 Å². The lowest BCUT2D eigenvalue weighted by Gasteiger charge is -1.93. The molecule has 15 heavy (non-hydrogen) atoms. The Kier molecular flexibility index (Phi) is 1.70. The molecule has 3 heteroatoms. The smallest absolute Gasteiger partial charge is 0.248 e. The van der Waals surface area contributed by atoms with Crippen molar-refractivity contribution in [2.24, 2.45) is 0 Å². The van der Waals surface area contributed by atoms with Gasteiger partial charge in [-0.05, 0) is 13.0 Å². The molecule has 0 atom stereocenters. The van der Waals surface area contributed by atoms with Crippen LogP contribution in [0.2, 0.25) is 0 Å². The summed E-state index contributed by atoms with van der Waals surface area (Å²) in [7, 11) is 0. The number of rotatable bonds is 0. The average Bonchev–Trinajstić information content (AvgIpc) is 2.57. The van der Waals surface area contributed by atoms with E-state index in [9.17, 15) is 4.79 Å². The van der Waals surface area contributed by atoms with E-state index in [2.05, 4.69) is 17.1 Å². The highest BCUT2D eigenvalue weighted by Crippen LogP contribution is 2.33. The molecule has 0 saturated heterocycles. The molecule has 1 aromatic carbocycles. The summed E-state index contributed by atoms with van der Waals surface area (Å²) in [5.41, 5.74) is 0.933. The third-order valence-corrected chi connectivity index (χ3v) is 3.87. The summed E-state index contributed by atoms with van der Waals surface area (Å²) in [5.74, 6) is 0. The molecule has 1 N–H and O–H groups in total. The number of fused-ring (bicyclic) bond motifs is 3. The zero-order valence-electron chi connectivity index (χ0n) is 8.20. The van der Waals surface area contributed by atoms with E-state index in [1.165, 1.54) is 14.8 Å². The fourth-order valence-electron chi connectivity index (χ4n) is 1.90. The molecule has 0 saturated carbocycles. The van der Waals surface area contributed by atoms with E-state index in [0.717, 1.165) is 11.1 Å². The lowest BCUT2D eigenvalue weighted by atomic mass is 10.2. The fourth-order valence-corrected chi connectivity index (χ4v) is 3.03. The molecule has 2 heterocycles. The van der Waals surface area contributed by atoms with Crippen LogP contribution >= 0.6 is 11.3 Å². The van der Waals surface area contributed by atoms with Gasteiger partial charge in [0.2, 0.25) is 5.56 Å². The Balaban J connectivity index is 2.66. The van der Waals surface area contributed by atoms with Crippen molar-refractivity contribution in [1.82, 2.24) is 4.98 Å². The topological polar surface area (TPSA) is 32.9 Å². The maximum absolute atomic E-state index is 11.4. The Bertz CT molecular complexity index is 708. The molecule has 0 aliphatic heterocycles. The van der Waals surface area contributed by atoms with Crippen molar-refractivity contribution in [3.63, 3.8) is 0 Å². The number of hydrogen-bond donors (Lipinski definition) is 1. The highest BCUT2D eigenvalue weighted by Gasteiger charge is 2.06. The Morgan fingerprint density at radius 2 is 2.00 bits per heavy atom. The van der Waals surface area contributed by atoms with Crippen LogP contribution in [0.1, 0.15) is 5.69 Å². The van der Waals surface area contributed by atoms with Gasteiger partial charge in [-0.2, -0.15) is 0 Å². The van der Waals surface area contributed by atoms with Crippen molar-refractivity contribution in [2.75, 3.05) is 0 Å². The first kappa shape index (κ1) is 8.68. The van der Waals surface area contributed by atoms with Gasteiger partial charge in [0.05, 0.1) is 4.70 Å². The second-order valence-electron chi connectivity index (χ2n) is 3.60. The maximum Gasteiger partial charge on any atom is 0.248 e. The molecule has 0 spiro atoms. The number of thiophene rings is 1. The zero-order valence-corrected chi connectivity index (χ0v) is 9.02. The molecule has 0 amide bonds. The van der Waals surface area contributed by atoms with E-state index in [-0.39, 0.29) is 5.56 Å². The molecule has 0 unspecified atom stereocenters. The third kappa shape index (κ3) is 1.20. The SMILES string of the molecule is Cc1[nH]c(=O)cc2c1sc1ccccc12. The van der Waals surface area contributed by atoms with Crippen LogP contribution in [0.5, 0.6) is 0 Å². The molecule has 0 aliphatic carbocycles. The highest BCUT2D eigenvalue weighted by atomic mass is 32.1. The van der Waals surface area contributed by atoms with Gasteiger partial charge >= 0.3 is 0 Å². The normalized spacial score (nSPS) is 11.3. The van der Waals surface area contributed by atoms with Crippen LogP contribution in [0.25, 0.3) is 20.2 Å². The average molecular weight is 215 g/mol. The Morgan fingerprint density at radius 1 is 1.20 bits per heavy atom. The minimum atomic E-state index is -0.0245. The Labute approximate surface area is 90.2 Å². The van der Waals surface area contributed by atoms with Gasteiger partial charge in [-0.25, -0.2) is 0 Å². The number of aromatic amines is 1. The van der Waals surface area contributed by atoms with Gasteiger partial charge in [-0.15, -0.1) is 11.3 Å². The standard InChI is InChI=1S/C12H9NOS/c1-7-12-9(6-11(14)13-7)8-4-2-3-5-10(8)15-12/h2-6H,1H3,(H,13,14). The monoisotopic (exact) mass is 215 g/mol. The van der Waals surface area contributed by atoms with Gasteiger partial charge in [-0.3, -0.25) is 4.79 Å². The minimum Gasteiger partial charge on any atom is -0.325 e. The number of aryl methyl sites for hydroxylation is 1. The molecule has 2 aromatic heterocycles. The molecule has 0 aliphatic rings. The van der Waals surface area contributed by atoms with Gasteiger partial charge in [0.1, 0.15) is 0 Å². The molecular weight excluding hydrogens is 206 g/mol. The van der Waals surface area contributed by atoms with Crippen LogP contribution in [0.3, 0.4) is 0 Å². The van der Waals surface area contributed by atoms with Crippen molar-refractivity contribution in [3.8, 4) is 0 Å². The van der Waals surface area contributed by atoms with Gasteiger partial charge < -0.3 is 4.98 Å². The summed E-state index contributed by atoms with van der Waals surface area (Å²) >= 11 is 1.73. The van der Waals surface area contributed by atoms with Gasteiger partial charge in [-0.1, -0.05) is 18.2 Å². The fraction of sp³-hybridized carbons (Fsp3) is 0.0833. The van der Waals surface area contributed by atoms with E-state index in [0.29, 0.717) is 0 Å². The summed E-state index contributed by atoms with van der Waals surface area (Å²) in [6, 6.07) is 9.86. The van der Waals surface area contributed by atoms with Gasteiger partial charge in [0.25, 0.3) is 0 Å². The predicted octanol–water partition coefficient (Wildman–Crippen LogP) is 3.05. The number of benzene rings is 1. The van der Waals surface area contributed by atoms with E-state index < -0.39 is 0 Å². The second kappa shape index (κ2) is 2.94. The first-order valence-corrected chi connectivity index (χ1v) is 5.58. The number of hydrogen-bond acceptors (Lipinski definition) is 2. The first-order valence-electron chi connectivity index (χ1n) is 4.77. The number of pyridine rings is 1. The quantitative estimate of drug-likeness (QED) is 0.614. The van der Waals surface area contributed by atoms with Crippen molar-refractivity contribution in [1.29, 1.82) is 0 Å². The lowest BCUT2D eigenvalue weighted by molar-refractivity contribution is 1.18. The van der Waals surface area contributed by atoms with Gasteiger partial charge in [0, 0.05) is 27.2 Å². The van der Waals surface area contributed by atoms with E-state index in [1.54, 1.807) is 17.4 Å². The van der Waals surface area contributed by atoms with Crippen molar-refractivity contribution in [3.05, 3.63) is 46.4 Å². The summed E-state index contributed by atoms with van der Waals surface area (Å²) in [4.78, 5) is 14.2. The maximum atomic E-state index is 11.4. The molecule has 0 bridgehead atoms. The molecule has 0 radical (unpaired) electrons. The molecule has 2 nitrogen and oxygen atoms in total. The van der Waals surface area contributed by atoms with Crippen LogP contribution < -0.4 is 5.56 Å². The van der Waals surface area contributed by atoms with Crippen LogP contribution in [-0.4, -0.2) is 4.98 Å². The van der Waals surface area contributed by atoms with Crippen LogP contribution in [-0.2, 0) is 0 Å². The molecule has 74 valence electrons. The van der Waals surface area contributed by atoms with E-state index >= 15 is 0 Å². The summed E-state index contributed by atoms with van der Waals surface area (Å²) < 4.78 is 2.41. The molecular formula is C12H9NOS. The lowest BCUT2D eigenvalue weighted by Crippen LogP contribution is -2.04. The number of aromatic nitrogens is 1. The van der Waals surface area contributed by atoms with Gasteiger partial charge in [0.15, 0.2) is 0 Å². The first-order chi connectivity index (χ1) is 7.25. The molecule has 0 fully saturated rings.